The fourth-order valence-electron chi connectivity index (χ4n) is 2.42. The molecule has 0 aliphatic heterocycles. The quantitative estimate of drug-likeness (QED) is 0.572. The monoisotopic (exact) mass is 359 g/mol. The molecule has 0 fully saturated rings. The van der Waals surface area contributed by atoms with Crippen LogP contribution >= 0.6 is 0 Å². The predicted molar refractivity (Wildman–Crippen MR) is 89.1 cm³/mol. The Morgan fingerprint density at radius 3 is 2.73 bits per heavy atom. The average molecular weight is 359 g/mol. The first-order valence-corrected chi connectivity index (χ1v) is 8.13. The van der Waals surface area contributed by atoms with E-state index < -0.39 is 0 Å². The number of ether oxygens (including phenoxy) is 1. The van der Waals surface area contributed by atoms with Gasteiger partial charge in [-0.25, -0.2) is 4.39 Å². The summed E-state index contributed by atoms with van der Waals surface area (Å²) in [7, 11) is 0. The zero-order valence-corrected chi connectivity index (χ0v) is 14.2. The summed E-state index contributed by atoms with van der Waals surface area (Å²) < 4.78 is 28.6. The second-order valence-electron chi connectivity index (χ2n) is 5.57. The standard InChI is InChI=1S/C18H18FN3O4/c1-2-24-17(23)12-22(10-13-5-7-14(19)8-6-13)11-16-20-18(21-26-16)15-4-3-9-25-15/h3-9H,2,10-12H2,1H3. The van der Waals surface area contributed by atoms with Crippen molar-refractivity contribution in [3.63, 3.8) is 0 Å². The zero-order valence-electron chi connectivity index (χ0n) is 14.2. The fraction of sp³-hybridized carbons (Fsp3) is 0.278. The molecule has 3 rings (SSSR count). The van der Waals surface area contributed by atoms with E-state index >= 15 is 0 Å². The number of hydrogen-bond donors (Lipinski definition) is 0. The zero-order chi connectivity index (χ0) is 18.4. The molecule has 1 aromatic carbocycles. The number of hydrogen-bond acceptors (Lipinski definition) is 7. The van der Waals surface area contributed by atoms with Crippen molar-refractivity contribution in [2.75, 3.05) is 13.2 Å². The molecule has 0 bridgehead atoms. The minimum Gasteiger partial charge on any atom is -0.465 e. The van der Waals surface area contributed by atoms with Crippen molar-refractivity contribution in [1.82, 2.24) is 15.0 Å². The van der Waals surface area contributed by atoms with Gasteiger partial charge in [0, 0.05) is 6.54 Å². The molecular weight excluding hydrogens is 341 g/mol. The number of esters is 1. The van der Waals surface area contributed by atoms with Gasteiger partial charge < -0.3 is 13.7 Å². The largest absolute Gasteiger partial charge is 0.465 e. The van der Waals surface area contributed by atoms with Crippen LogP contribution in [0, 0.1) is 5.82 Å². The third-order valence-corrected chi connectivity index (χ3v) is 3.55. The number of aromatic nitrogens is 2. The molecule has 0 aliphatic rings. The van der Waals surface area contributed by atoms with E-state index in [0.717, 1.165) is 5.56 Å². The number of benzene rings is 1. The lowest BCUT2D eigenvalue weighted by molar-refractivity contribution is -0.144. The summed E-state index contributed by atoms with van der Waals surface area (Å²) in [5.41, 5.74) is 0.849. The number of carbonyl (C=O) groups is 1. The molecule has 136 valence electrons. The molecule has 0 radical (unpaired) electrons. The predicted octanol–water partition coefficient (Wildman–Crippen LogP) is 3.03. The molecule has 0 spiro atoms. The molecule has 26 heavy (non-hydrogen) atoms. The number of furan rings is 1. The molecule has 8 heteroatoms. The lowest BCUT2D eigenvalue weighted by Gasteiger charge is -2.19. The molecular formula is C18H18FN3O4. The first kappa shape index (κ1) is 17.8. The topological polar surface area (TPSA) is 81.6 Å². The Hall–Kier alpha value is -3.00. The van der Waals surface area contributed by atoms with Crippen molar-refractivity contribution >= 4 is 5.97 Å². The van der Waals surface area contributed by atoms with Crippen molar-refractivity contribution in [2.24, 2.45) is 0 Å². The maximum Gasteiger partial charge on any atom is 0.320 e. The minimum absolute atomic E-state index is 0.0453. The highest BCUT2D eigenvalue weighted by Crippen LogP contribution is 2.17. The molecule has 0 aliphatic carbocycles. The van der Waals surface area contributed by atoms with E-state index in [2.05, 4.69) is 10.1 Å². The summed E-state index contributed by atoms with van der Waals surface area (Å²) in [6.07, 6.45) is 1.52. The van der Waals surface area contributed by atoms with Crippen LogP contribution in [0.2, 0.25) is 0 Å². The van der Waals surface area contributed by atoms with Crippen LogP contribution in [-0.4, -0.2) is 34.2 Å². The molecule has 2 heterocycles. The number of carbonyl (C=O) groups excluding carboxylic acids is 1. The van der Waals surface area contributed by atoms with Gasteiger partial charge in [-0.15, -0.1) is 0 Å². The summed E-state index contributed by atoms with van der Waals surface area (Å²) in [5.74, 6) is 0.493. The molecule has 0 N–H and O–H groups in total. The van der Waals surface area contributed by atoms with E-state index in [-0.39, 0.29) is 24.9 Å². The molecule has 0 unspecified atom stereocenters. The first-order valence-electron chi connectivity index (χ1n) is 8.13. The fourth-order valence-corrected chi connectivity index (χ4v) is 2.42. The highest BCUT2D eigenvalue weighted by Gasteiger charge is 2.18. The first-order chi connectivity index (χ1) is 12.6. The van der Waals surface area contributed by atoms with Crippen molar-refractivity contribution in [3.05, 3.63) is 59.9 Å². The summed E-state index contributed by atoms with van der Waals surface area (Å²) in [6.45, 7) is 2.73. The van der Waals surface area contributed by atoms with Crippen molar-refractivity contribution < 1.29 is 22.9 Å². The van der Waals surface area contributed by atoms with E-state index in [9.17, 15) is 9.18 Å². The van der Waals surface area contributed by atoms with Crippen LogP contribution in [0.1, 0.15) is 18.4 Å². The Morgan fingerprint density at radius 2 is 2.04 bits per heavy atom. The summed E-state index contributed by atoms with van der Waals surface area (Å²) in [5, 5.41) is 3.87. The summed E-state index contributed by atoms with van der Waals surface area (Å²) in [6, 6.07) is 9.53. The van der Waals surface area contributed by atoms with Gasteiger partial charge in [0.1, 0.15) is 5.82 Å². The third kappa shape index (κ3) is 4.76. The van der Waals surface area contributed by atoms with Gasteiger partial charge >= 0.3 is 5.97 Å². The van der Waals surface area contributed by atoms with Crippen LogP contribution < -0.4 is 0 Å². The number of halogens is 1. The van der Waals surface area contributed by atoms with Crippen molar-refractivity contribution in [1.29, 1.82) is 0 Å². The van der Waals surface area contributed by atoms with Gasteiger partial charge in [0.25, 0.3) is 0 Å². The molecule has 0 atom stereocenters. The van der Waals surface area contributed by atoms with Crippen molar-refractivity contribution in [3.8, 4) is 11.6 Å². The SMILES string of the molecule is CCOC(=O)CN(Cc1ccc(F)cc1)Cc1nc(-c2ccco2)no1. The second kappa shape index (κ2) is 8.39. The van der Waals surface area contributed by atoms with Gasteiger partial charge in [0.05, 0.1) is 26.0 Å². The Morgan fingerprint density at radius 1 is 1.23 bits per heavy atom. The minimum atomic E-state index is -0.361. The smallest absolute Gasteiger partial charge is 0.320 e. The molecule has 0 saturated carbocycles. The van der Waals surface area contributed by atoms with E-state index in [4.69, 9.17) is 13.7 Å². The Labute approximate surface area is 149 Å². The normalized spacial score (nSPS) is 11.0. The van der Waals surface area contributed by atoms with Gasteiger partial charge in [0.15, 0.2) is 5.76 Å². The Kier molecular flexibility index (Phi) is 5.75. The van der Waals surface area contributed by atoms with Crippen LogP contribution in [0.15, 0.2) is 51.6 Å². The summed E-state index contributed by atoms with van der Waals surface area (Å²) >= 11 is 0. The third-order valence-electron chi connectivity index (χ3n) is 3.55. The lowest BCUT2D eigenvalue weighted by Crippen LogP contribution is -2.30. The number of rotatable bonds is 8. The molecule has 3 aromatic rings. The van der Waals surface area contributed by atoms with Gasteiger partial charge in [-0.1, -0.05) is 17.3 Å². The lowest BCUT2D eigenvalue weighted by atomic mass is 10.2. The van der Waals surface area contributed by atoms with Crippen LogP contribution in [0.3, 0.4) is 0 Å². The average Bonchev–Trinajstić information content (AvgIpc) is 3.28. The van der Waals surface area contributed by atoms with E-state index in [0.29, 0.717) is 30.6 Å². The van der Waals surface area contributed by atoms with E-state index in [1.54, 1.807) is 36.1 Å². The van der Waals surface area contributed by atoms with E-state index in [1.165, 1.54) is 18.4 Å². The van der Waals surface area contributed by atoms with Gasteiger partial charge in [-0.2, -0.15) is 4.98 Å². The molecule has 0 saturated heterocycles. The van der Waals surface area contributed by atoms with Gasteiger partial charge in [-0.3, -0.25) is 9.69 Å². The van der Waals surface area contributed by atoms with Crippen LogP contribution in [0.5, 0.6) is 0 Å². The highest BCUT2D eigenvalue weighted by molar-refractivity contribution is 5.71. The molecule has 2 aromatic heterocycles. The Bertz CT molecular complexity index is 831. The summed E-state index contributed by atoms with van der Waals surface area (Å²) in [4.78, 5) is 17.9. The van der Waals surface area contributed by atoms with Crippen molar-refractivity contribution in [2.45, 2.75) is 20.0 Å². The van der Waals surface area contributed by atoms with Gasteiger partial charge in [0.2, 0.25) is 11.7 Å². The molecule has 0 amide bonds. The maximum atomic E-state index is 13.1. The van der Waals surface area contributed by atoms with E-state index in [1.807, 2.05) is 0 Å². The second-order valence-corrected chi connectivity index (χ2v) is 5.57. The van der Waals surface area contributed by atoms with Crippen LogP contribution in [0.4, 0.5) is 4.39 Å². The number of nitrogens with zero attached hydrogens (tertiary/aromatic N) is 3. The molecule has 7 nitrogen and oxygen atoms in total. The van der Waals surface area contributed by atoms with Crippen LogP contribution in [-0.2, 0) is 22.6 Å². The Balaban J connectivity index is 1.72. The maximum absolute atomic E-state index is 13.1. The highest BCUT2D eigenvalue weighted by atomic mass is 19.1. The van der Waals surface area contributed by atoms with Crippen LogP contribution in [0.25, 0.3) is 11.6 Å². The van der Waals surface area contributed by atoms with Gasteiger partial charge in [-0.05, 0) is 36.8 Å².